The Kier molecular flexibility index (Phi) is 7.41. The fraction of sp³-hybridized carbons (Fsp3) is 0.286. The van der Waals surface area contributed by atoms with Gasteiger partial charge in [-0.15, -0.1) is 11.3 Å². The molecule has 3 amide bonds. The molecule has 3 rings (SSSR count). The Labute approximate surface area is 192 Å². The largest absolute Gasteiger partial charge is 0.477 e. The topological polar surface area (TPSA) is 171 Å². The van der Waals surface area contributed by atoms with Crippen LogP contribution in [0.25, 0.3) is 10.9 Å². The summed E-state index contributed by atoms with van der Waals surface area (Å²) >= 11 is 1.07. The van der Waals surface area contributed by atoms with Crippen LogP contribution in [0.2, 0.25) is 0 Å². The van der Waals surface area contributed by atoms with Crippen LogP contribution in [-0.2, 0) is 11.2 Å². The third kappa shape index (κ3) is 5.35. The molecule has 0 atom stereocenters. The molecule has 0 aliphatic heterocycles. The van der Waals surface area contributed by atoms with Crippen LogP contribution in [0, 0.1) is 0 Å². The SMILES string of the molecule is CCN(NC(C)=O)C(=O)c1csc(NC(=O)c2ccc3[nH]c(C(=O)O)c(CCCN)c3c2)n1. The van der Waals surface area contributed by atoms with E-state index in [0.29, 0.717) is 41.4 Å². The quantitative estimate of drug-likeness (QED) is 0.312. The molecule has 2 heterocycles. The number of benzene rings is 1. The van der Waals surface area contributed by atoms with Crippen molar-refractivity contribution in [3.63, 3.8) is 0 Å². The number of aromatic carboxylic acids is 1. The van der Waals surface area contributed by atoms with Crippen LogP contribution in [0.1, 0.15) is 57.2 Å². The van der Waals surface area contributed by atoms with Crippen molar-refractivity contribution in [2.24, 2.45) is 5.73 Å². The average molecular weight is 473 g/mol. The Morgan fingerprint density at radius 1 is 1.27 bits per heavy atom. The lowest BCUT2D eigenvalue weighted by molar-refractivity contribution is -0.122. The molecule has 6 N–H and O–H groups in total. The normalized spacial score (nSPS) is 10.8. The Morgan fingerprint density at radius 2 is 2.03 bits per heavy atom. The molecule has 0 unspecified atom stereocenters. The van der Waals surface area contributed by atoms with Crippen LogP contribution in [0.15, 0.2) is 23.6 Å². The van der Waals surface area contributed by atoms with Crippen LogP contribution in [0.3, 0.4) is 0 Å². The number of nitrogens with two attached hydrogens (primary N) is 1. The lowest BCUT2D eigenvalue weighted by Gasteiger charge is -2.19. The number of carboxylic acid groups (broad SMARTS) is 1. The van der Waals surface area contributed by atoms with E-state index in [1.165, 1.54) is 12.3 Å². The molecular weight excluding hydrogens is 448 g/mol. The standard InChI is InChI=1S/C21H24N6O5S/c1-3-27(26-11(2)28)19(30)16-10-33-21(24-16)25-18(29)12-6-7-15-14(9-12)13(5-4-8-22)17(23-15)20(31)32/h6-7,9-10,23H,3-5,8,22H2,1-2H3,(H,26,28)(H,31,32)(H,24,25,29). The summed E-state index contributed by atoms with van der Waals surface area (Å²) in [5.74, 6) is -2.41. The number of aromatic nitrogens is 2. The van der Waals surface area contributed by atoms with E-state index in [1.807, 2.05) is 0 Å². The number of amides is 3. The highest BCUT2D eigenvalue weighted by Gasteiger charge is 2.21. The van der Waals surface area contributed by atoms with Gasteiger partial charge in [-0.25, -0.2) is 14.8 Å². The van der Waals surface area contributed by atoms with E-state index in [4.69, 9.17) is 5.73 Å². The van der Waals surface area contributed by atoms with E-state index < -0.39 is 17.8 Å². The smallest absolute Gasteiger partial charge is 0.352 e. The average Bonchev–Trinajstić information content (AvgIpc) is 3.39. The summed E-state index contributed by atoms with van der Waals surface area (Å²) in [6.45, 7) is 3.66. The van der Waals surface area contributed by atoms with Crippen molar-refractivity contribution in [2.45, 2.75) is 26.7 Å². The first kappa shape index (κ1) is 23.9. The molecule has 12 heteroatoms. The van der Waals surface area contributed by atoms with Crippen molar-refractivity contribution in [2.75, 3.05) is 18.4 Å². The van der Waals surface area contributed by atoms with Crippen molar-refractivity contribution in [3.05, 3.63) is 46.1 Å². The first-order chi connectivity index (χ1) is 15.7. The van der Waals surface area contributed by atoms with E-state index in [9.17, 15) is 24.3 Å². The summed E-state index contributed by atoms with van der Waals surface area (Å²) in [6.07, 6.45) is 1.07. The Bertz CT molecular complexity index is 1220. The second kappa shape index (κ2) is 10.2. The van der Waals surface area contributed by atoms with Crippen LogP contribution in [0.4, 0.5) is 5.13 Å². The highest BCUT2D eigenvalue weighted by molar-refractivity contribution is 7.14. The molecule has 0 radical (unpaired) electrons. The Hall–Kier alpha value is -3.77. The molecule has 0 saturated carbocycles. The van der Waals surface area contributed by atoms with Crippen molar-refractivity contribution in [3.8, 4) is 0 Å². The van der Waals surface area contributed by atoms with Gasteiger partial charge in [0.05, 0.1) is 0 Å². The van der Waals surface area contributed by atoms with Crippen LogP contribution >= 0.6 is 11.3 Å². The van der Waals surface area contributed by atoms with Crippen molar-refractivity contribution in [1.29, 1.82) is 0 Å². The zero-order valence-corrected chi connectivity index (χ0v) is 18.9. The van der Waals surface area contributed by atoms with Gasteiger partial charge in [0.25, 0.3) is 11.8 Å². The number of aromatic amines is 1. The van der Waals surface area contributed by atoms with E-state index >= 15 is 0 Å². The van der Waals surface area contributed by atoms with Gasteiger partial charge in [-0.2, -0.15) is 0 Å². The fourth-order valence-electron chi connectivity index (χ4n) is 3.31. The van der Waals surface area contributed by atoms with Gasteiger partial charge in [-0.05, 0) is 50.1 Å². The second-order valence-corrected chi connectivity index (χ2v) is 8.00. The van der Waals surface area contributed by atoms with E-state index in [2.05, 4.69) is 20.7 Å². The number of carbonyl (C=O) groups is 4. The molecule has 0 bridgehead atoms. The van der Waals surface area contributed by atoms with Crippen molar-refractivity contribution < 1.29 is 24.3 Å². The molecule has 3 aromatic rings. The summed E-state index contributed by atoms with van der Waals surface area (Å²) in [5, 5.41) is 15.6. The van der Waals surface area contributed by atoms with E-state index in [1.54, 1.807) is 25.1 Å². The van der Waals surface area contributed by atoms with Gasteiger partial charge in [-0.1, -0.05) is 0 Å². The van der Waals surface area contributed by atoms with Crippen LogP contribution in [-0.4, -0.2) is 56.9 Å². The van der Waals surface area contributed by atoms with Crippen molar-refractivity contribution >= 4 is 51.1 Å². The number of aryl methyl sites for hydroxylation is 1. The Morgan fingerprint density at radius 3 is 2.67 bits per heavy atom. The monoisotopic (exact) mass is 472 g/mol. The predicted octanol–water partition coefficient (Wildman–Crippen LogP) is 1.98. The molecule has 0 aliphatic carbocycles. The zero-order chi connectivity index (χ0) is 24.1. The highest BCUT2D eigenvalue weighted by Crippen LogP contribution is 2.26. The lowest BCUT2D eigenvalue weighted by atomic mass is 10.0. The number of fused-ring (bicyclic) bond motifs is 1. The molecule has 0 saturated heterocycles. The maximum absolute atomic E-state index is 12.8. The minimum Gasteiger partial charge on any atom is -0.477 e. The molecular formula is C21H24N6O5S. The van der Waals surface area contributed by atoms with Gasteiger partial charge in [0.2, 0.25) is 5.91 Å². The predicted molar refractivity (Wildman–Crippen MR) is 123 cm³/mol. The lowest BCUT2D eigenvalue weighted by Crippen LogP contribution is -2.45. The maximum atomic E-state index is 12.8. The number of thiazole rings is 1. The van der Waals surface area contributed by atoms with Gasteiger partial charge in [0.1, 0.15) is 11.4 Å². The third-order valence-electron chi connectivity index (χ3n) is 4.81. The number of carbonyl (C=O) groups excluding carboxylic acids is 3. The second-order valence-electron chi connectivity index (χ2n) is 7.15. The number of hydrogen-bond donors (Lipinski definition) is 5. The number of hydrazine groups is 1. The highest BCUT2D eigenvalue weighted by atomic mass is 32.1. The number of nitrogens with zero attached hydrogens (tertiary/aromatic N) is 2. The summed E-state index contributed by atoms with van der Waals surface area (Å²) in [6, 6.07) is 4.84. The summed E-state index contributed by atoms with van der Waals surface area (Å²) < 4.78 is 0. The van der Waals surface area contributed by atoms with Crippen LogP contribution < -0.4 is 16.5 Å². The molecule has 33 heavy (non-hydrogen) atoms. The zero-order valence-electron chi connectivity index (χ0n) is 18.1. The summed E-state index contributed by atoms with van der Waals surface area (Å²) in [4.78, 5) is 55.2. The first-order valence-corrected chi connectivity index (χ1v) is 11.1. The van der Waals surface area contributed by atoms with E-state index in [0.717, 1.165) is 16.3 Å². The molecule has 174 valence electrons. The number of nitrogens with one attached hydrogen (secondary N) is 3. The summed E-state index contributed by atoms with van der Waals surface area (Å²) in [5.41, 5.74) is 9.68. The van der Waals surface area contributed by atoms with Gasteiger partial charge < -0.3 is 15.8 Å². The molecule has 1 aromatic carbocycles. The maximum Gasteiger partial charge on any atom is 0.352 e. The third-order valence-corrected chi connectivity index (χ3v) is 5.57. The fourth-order valence-corrected chi connectivity index (χ4v) is 3.99. The number of hydrogen-bond acceptors (Lipinski definition) is 7. The van der Waals surface area contributed by atoms with Gasteiger partial charge in [-0.3, -0.25) is 25.1 Å². The molecule has 2 aromatic heterocycles. The molecule has 11 nitrogen and oxygen atoms in total. The number of rotatable bonds is 8. The van der Waals surface area contributed by atoms with Crippen molar-refractivity contribution in [1.82, 2.24) is 20.4 Å². The molecule has 0 fully saturated rings. The minimum atomic E-state index is -1.08. The Balaban J connectivity index is 1.82. The van der Waals surface area contributed by atoms with Crippen LogP contribution in [0.5, 0.6) is 0 Å². The van der Waals surface area contributed by atoms with E-state index in [-0.39, 0.29) is 29.0 Å². The number of anilines is 1. The first-order valence-electron chi connectivity index (χ1n) is 10.2. The minimum absolute atomic E-state index is 0.0822. The summed E-state index contributed by atoms with van der Waals surface area (Å²) in [7, 11) is 0. The molecule has 0 spiro atoms. The number of H-pyrrole nitrogens is 1. The van der Waals surface area contributed by atoms with Gasteiger partial charge in [0.15, 0.2) is 5.13 Å². The van der Waals surface area contributed by atoms with Gasteiger partial charge >= 0.3 is 5.97 Å². The van der Waals surface area contributed by atoms with Gasteiger partial charge in [0, 0.05) is 35.3 Å². The number of carboxylic acids is 1. The molecule has 0 aliphatic rings.